The lowest BCUT2D eigenvalue weighted by molar-refractivity contribution is -0.139. The molecule has 2 saturated heterocycles. The van der Waals surface area contributed by atoms with E-state index in [1.165, 1.54) is 24.8 Å². The van der Waals surface area contributed by atoms with Crippen molar-refractivity contribution in [3.63, 3.8) is 0 Å². The van der Waals surface area contributed by atoms with Crippen molar-refractivity contribution in [2.45, 2.75) is 75.5 Å². The Labute approximate surface area is 170 Å². The first kappa shape index (κ1) is 19.9. The molecule has 2 heterocycles. The predicted molar refractivity (Wildman–Crippen MR) is 112 cm³/mol. The van der Waals surface area contributed by atoms with E-state index in [-0.39, 0.29) is 5.92 Å². The van der Waals surface area contributed by atoms with Crippen LogP contribution < -0.4 is 0 Å². The van der Waals surface area contributed by atoms with Gasteiger partial charge in [-0.1, -0.05) is 43.2 Å². The molecule has 3 atom stereocenters. The quantitative estimate of drug-likeness (QED) is 0.788. The zero-order valence-corrected chi connectivity index (χ0v) is 17.6. The summed E-state index contributed by atoms with van der Waals surface area (Å²) in [4.78, 5) is 18.4. The maximum absolute atomic E-state index is 13.6. The van der Waals surface area contributed by atoms with E-state index in [0.717, 1.165) is 45.2 Å². The third kappa shape index (κ3) is 3.99. The van der Waals surface area contributed by atoms with Crippen molar-refractivity contribution in [3.05, 3.63) is 35.9 Å². The minimum Gasteiger partial charge on any atom is -0.381 e. The fraction of sp³-hybridized carbons (Fsp3) is 0.708. The highest BCUT2D eigenvalue weighted by molar-refractivity contribution is 5.80. The van der Waals surface area contributed by atoms with Crippen molar-refractivity contribution in [3.8, 4) is 0 Å². The summed E-state index contributed by atoms with van der Waals surface area (Å²) in [5.41, 5.74) is 1.39. The zero-order chi connectivity index (χ0) is 19.5. The number of rotatable bonds is 3. The van der Waals surface area contributed by atoms with E-state index in [1.807, 2.05) is 0 Å². The first-order valence-electron chi connectivity index (χ1n) is 11.3. The van der Waals surface area contributed by atoms with E-state index >= 15 is 0 Å². The third-order valence-electron chi connectivity index (χ3n) is 7.49. The van der Waals surface area contributed by atoms with Crippen molar-refractivity contribution >= 4 is 5.91 Å². The Hall–Kier alpha value is -1.39. The highest BCUT2D eigenvalue weighted by Crippen LogP contribution is 2.40. The van der Waals surface area contributed by atoms with Crippen molar-refractivity contribution in [2.75, 3.05) is 27.2 Å². The molecule has 154 valence electrons. The molecule has 3 aliphatic rings. The molecule has 2 aliphatic heterocycles. The number of fused-ring (bicyclic) bond motifs is 1. The molecule has 1 aromatic carbocycles. The van der Waals surface area contributed by atoms with Crippen LogP contribution in [0, 0.1) is 5.92 Å². The standard InChI is InChI=1S/C24H36N2O2/c1-25-16-8-4-7-11-22-23(25)21(18-9-5-3-6-10-18)17-26(22)24(27)19-12-14-20(28-2)15-13-19/h3,5-6,9-10,19-23H,4,7-8,11-17H2,1-2H3/t19?,20?,21-,22+,23-/m0/s1. The molecule has 0 spiro atoms. The van der Waals surface area contributed by atoms with Crippen molar-refractivity contribution < 1.29 is 9.53 Å². The molecule has 4 nitrogen and oxygen atoms in total. The molecule has 1 aromatic rings. The van der Waals surface area contributed by atoms with Gasteiger partial charge >= 0.3 is 0 Å². The van der Waals surface area contributed by atoms with Crippen molar-refractivity contribution in [2.24, 2.45) is 5.92 Å². The van der Waals surface area contributed by atoms with E-state index in [9.17, 15) is 4.79 Å². The molecule has 3 fully saturated rings. The molecule has 0 N–H and O–H groups in total. The fourth-order valence-electron chi connectivity index (χ4n) is 5.91. The Morgan fingerprint density at radius 3 is 2.46 bits per heavy atom. The topological polar surface area (TPSA) is 32.8 Å². The molecule has 4 heteroatoms. The smallest absolute Gasteiger partial charge is 0.226 e. The Morgan fingerprint density at radius 1 is 1.00 bits per heavy atom. The summed E-state index contributed by atoms with van der Waals surface area (Å²) in [6, 6.07) is 11.7. The van der Waals surface area contributed by atoms with Gasteiger partial charge < -0.3 is 14.5 Å². The van der Waals surface area contributed by atoms with Gasteiger partial charge in [-0.3, -0.25) is 4.79 Å². The number of ether oxygens (including phenoxy) is 1. The van der Waals surface area contributed by atoms with Gasteiger partial charge in [0.25, 0.3) is 0 Å². The largest absolute Gasteiger partial charge is 0.381 e. The molecule has 1 saturated carbocycles. The molecule has 0 unspecified atom stereocenters. The van der Waals surface area contributed by atoms with Gasteiger partial charge in [0.2, 0.25) is 5.91 Å². The Bertz CT molecular complexity index is 641. The number of hydrogen-bond donors (Lipinski definition) is 0. The van der Waals surface area contributed by atoms with Crippen LogP contribution in [0.25, 0.3) is 0 Å². The SMILES string of the molecule is COC1CCC(C(=O)N2C[C@@H](c3ccccc3)[C@H]3[C@H]2CCCCCN3C)CC1. The zero-order valence-electron chi connectivity index (χ0n) is 17.6. The highest BCUT2D eigenvalue weighted by atomic mass is 16.5. The van der Waals surface area contributed by atoms with Crippen LogP contribution in [-0.4, -0.2) is 61.1 Å². The van der Waals surface area contributed by atoms with Crippen molar-refractivity contribution in [1.82, 2.24) is 9.80 Å². The van der Waals surface area contributed by atoms with Gasteiger partial charge in [-0.15, -0.1) is 0 Å². The lowest BCUT2D eigenvalue weighted by Gasteiger charge is -2.38. The highest BCUT2D eigenvalue weighted by Gasteiger charge is 2.47. The van der Waals surface area contributed by atoms with Gasteiger partial charge in [-0.2, -0.15) is 0 Å². The minimum absolute atomic E-state index is 0.192. The van der Waals surface area contributed by atoms with E-state index in [0.29, 0.717) is 30.0 Å². The van der Waals surface area contributed by atoms with E-state index < -0.39 is 0 Å². The third-order valence-corrected chi connectivity index (χ3v) is 7.49. The second-order valence-electron chi connectivity index (χ2n) is 9.10. The van der Waals surface area contributed by atoms with E-state index in [2.05, 4.69) is 47.2 Å². The normalized spacial score (nSPS) is 34.5. The number of carbonyl (C=O) groups excluding carboxylic acids is 1. The van der Waals surface area contributed by atoms with Crippen LogP contribution in [0.1, 0.15) is 62.8 Å². The predicted octanol–water partition coefficient (Wildman–Crippen LogP) is 4.06. The Morgan fingerprint density at radius 2 is 1.75 bits per heavy atom. The molecule has 1 amide bonds. The number of benzene rings is 1. The second-order valence-corrected chi connectivity index (χ2v) is 9.10. The number of methoxy groups -OCH3 is 1. The molecular formula is C24H36N2O2. The Balaban J connectivity index is 1.57. The van der Waals surface area contributed by atoms with Crippen LogP contribution in [0.3, 0.4) is 0 Å². The average Bonchev–Trinajstić information content (AvgIpc) is 3.11. The van der Waals surface area contributed by atoms with Gasteiger partial charge in [-0.05, 0) is 57.7 Å². The van der Waals surface area contributed by atoms with E-state index in [1.54, 1.807) is 7.11 Å². The molecular weight excluding hydrogens is 348 g/mol. The van der Waals surface area contributed by atoms with Crippen LogP contribution >= 0.6 is 0 Å². The summed E-state index contributed by atoms with van der Waals surface area (Å²) >= 11 is 0. The second kappa shape index (κ2) is 8.96. The summed E-state index contributed by atoms with van der Waals surface area (Å²) in [6.45, 7) is 2.03. The van der Waals surface area contributed by atoms with Gasteiger partial charge in [0.05, 0.1) is 6.10 Å². The summed E-state index contributed by atoms with van der Waals surface area (Å²) in [5.74, 6) is 1.03. The Kier molecular flexibility index (Phi) is 6.37. The molecule has 0 radical (unpaired) electrons. The average molecular weight is 385 g/mol. The number of likely N-dealkylation sites (tertiary alicyclic amines) is 2. The van der Waals surface area contributed by atoms with Crippen LogP contribution in [0.15, 0.2) is 30.3 Å². The van der Waals surface area contributed by atoms with Gasteiger partial charge in [-0.25, -0.2) is 0 Å². The molecule has 4 rings (SSSR count). The fourth-order valence-corrected chi connectivity index (χ4v) is 5.91. The van der Waals surface area contributed by atoms with Crippen LogP contribution in [0.5, 0.6) is 0 Å². The number of hydrogen-bond acceptors (Lipinski definition) is 3. The number of nitrogens with zero attached hydrogens (tertiary/aromatic N) is 2. The molecule has 1 aliphatic carbocycles. The van der Waals surface area contributed by atoms with Crippen LogP contribution in [0.4, 0.5) is 0 Å². The summed E-state index contributed by atoms with van der Waals surface area (Å²) in [7, 11) is 4.07. The first-order valence-corrected chi connectivity index (χ1v) is 11.3. The monoisotopic (exact) mass is 384 g/mol. The minimum atomic E-state index is 0.192. The molecule has 28 heavy (non-hydrogen) atoms. The summed E-state index contributed by atoms with van der Waals surface area (Å²) in [6.07, 6.45) is 9.32. The van der Waals surface area contributed by atoms with Crippen molar-refractivity contribution in [1.29, 1.82) is 0 Å². The number of carbonyl (C=O) groups is 1. The van der Waals surface area contributed by atoms with Gasteiger partial charge in [0.15, 0.2) is 0 Å². The lowest BCUT2D eigenvalue weighted by atomic mass is 9.85. The van der Waals surface area contributed by atoms with Gasteiger partial charge in [0, 0.05) is 37.6 Å². The van der Waals surface area contributed by atoms with Crippen LogP contribution in [-0.2, 0) is 9.53 Å². The molecule has 0 aromatic heterocycles. The lowest BCUT2D eigenvalue weighted by Crippen LogP contribution is -2.49. The maximum atomic E-state index is 13.6. The first-order chi connectivity index (χ1) is 13.7. The summed E-state index contributed by atoms with van der Waals surface area (Å²) in [5, 5.41) is 0. The van der Waals surface area contributed by atoms with Gasteiger partial charge in [0.1, 0.15) is 0 Å². The number of likely N-dealkylation sites (N-methyl/N-ethyl adjacent to an activating group) is 1. The molecule has 0 bridgehead atoms. The van der Waals surface area contributed by atoms with E-state index in [4.69, 9.17) is 4.74 Å². The van der Waals surface area contributed by atoms with Crippen LogP contribution in [0.2, 0.25) is 0 Å². The number of amides is 1. The summed E-state index contributed by atoms with van der Waals surface area (Å²) < 4.78 is 5.52. The maximum Gasteiger partial charge on any atom is 0.226 e.